The maximum Gasteiger partial charge on any atom is 0.258 e. The molecule has 2 N–H and O–H groups in total. The maximum absolute atomic E-state index is 13.2. The number of pyridine rings is 1. The number of aryl methyl sites for hydroxylation is 2. The van der Waals surface area contributed by atoms with Crippen molar-refractivity contribution in [1.29, 1.82) is 0 Å². The van der Waals surface area contributed by atoms with Gasteiger partial charge < -0.3 is 14.9 Å². The first-order valence-corrected chi connectivity index (χ1v) is 11.1. The van der Waals surface area contributed by atoms with Crippen LogP contribution in [0.2, 0.25) is 10.0 Å². The van der Waals surface area contributed by atoms with E-state index in [9.17, 15) is 4.79 Å². The van der Waals surface area contributed by atoms with Crippen LogP contribution in [0.15, 0.2) is 41.2 Å². The van der Waals surface area contributed by atoms with Crippen LogP contribution in [-0.2, 0) is 7.05 Å². The summed E-state index contributed by atoms with van der Waals surface area (Å²) in [6, 6.07) is 9.13. The van der Waals surface area contributed by atoms with Gasteiger partial charge in [0.15, 0.2) is 0 Å². The average molecular weight is 480 g/mol. The predicted octanol–water partition coefficient (Wildman–Crippen LogP) is 5.35. The summed E-state index contributed by atoms with van der Waals surface area (Å²) in [5.41, 5.74) is 3.56. The van der Waals surface area contributed by atoms with E-state index in [0.717, 1.165) is 22.2 Å². The second-order valence-corrected chi connectivity index (χ2v) is 8.68. The monoisotopic (exact) mass is 479 g/mol. The molecule has 168 valence electrons. The Kier molecular flexibility index (Phi) is 6.48. The highest BCUT2D eigenvalue weighted by atomic mass is 35.5. The van der Waals surface area contributed by atoms with Crippen molar-refractivity contribution in [3.05, 3.63) is 68.1 Å². The summed E-state index contributed by atoms with van der Waals surface area (Å²) in [5.74, 6) is 3.15. The Morgan fingerprint density at radius 2 is 2.00 bits per heavy atom. The number of likely N-dealkylation sites (N-methyl/N-ethyl adjacent to an activating group) is 1. The number of H-pyrrole nitrogens is 1. The van der Waals surface area contributed by atoms with Crippen LogP contribution in [0.5, 0.6) is 0 Å². The minimum atomic E-state index is -0.178. The highest BCUT2D eigenvalue weighted by Crippen LogP contribution is 2.34. The molecule has 0 spiro atoms. The second kappa shape index (κ2) is 9.32. The van der Waals surface area contributed by atoms with E-state index in [1.807, 2.05) is 54.8 Å². The fraction of sp³-hybridized carbons (Fsp3) is 0.200. The van der Waals surface area contributed by atoms with Crippen LogP contribution in [0.25, 0.3) is 27.9 Å². The third-order valence-electron chi connectivity index (χ3n) is 5.58. The summed E-state index contributed by atoms with van der Waals surface area (Å²) in [6.45, 7) is 3.24. The Labute approximate surface area is 201 Å². The van der Waals surface area contributed by atoms with E-state index in [1.165, 1.54) is 0 Å². The van der Waals surface area contributed by atoms with Gasteiger partial charge in [0.2, 0.25) is 5.95 Å². The Hall–Kier alpha value is -3.24. The van der Waals surface area contributed by atoms with Gasteiger partial charge >= 0.3 is 0 Å². The molecule has 0 aliphatic heterocycles. The lowest BCUT2D eigenvalue weighted by atomic mass is 10.0. The third-order valence-corrected chi connectivity index (χ3v) is 6.21. The number of aromatic amines is 1. The Morgan fingerprint density at radius 3 is 2.70 bits per heavy atom. The number of anilines is 2. The van der Waals surface area contributed by atoms with Gasteiger partial charge in [-0.05, 0) is 49.2 Å². The summed E-state index contributed by atoms with van der Waals surface area (Å²) < 4.78 is 1.84. The molecule has 0 atom stereocenters. The van der Waals surface area contributed by atoms with Gasteiger partial charge in [0, 0.05) is 19.3 Å². The van der Waals surface area contributed by atoms with Gasteiger partial charge in [0.1, 0.15) is 0 Å². The lowest BCUT2D eigenvalue weighted by Gasteiger charge is -2.11. The minimum absolute atomic E-state index is 0.178. The number of benzene rings is 2. The van der Waals surface area contributed by atoms with Crippen LogP contribution in [-0.4, -0.2) is 39.6 Å². The van der Waals surface area contributed by atoms with Crippen LogP contribution in [0, 0.1) is 19.3 Å². The molecule has 0 saturated heterocycles. The van der Waals surface area contributed by atoms with Gasteiger partial charge in [0.25, 0.3) is 5.56 Å². The van der Waals surface area contributed by atoms with Crippen LogP contribution >= 0.6 is 23.2 Å². The quantitative estimate of drug-likeness (QED) is 0.365. The lowest BCUT2D eigenvalue weighted by Crippen LogP contribution is -2.18. The number of fused-ring (bicyclic) bond motifs is 3. The molecule has 4 aromatic rings. The molecule has 2 heterocycles. The third kappa shape index (κ3) is 4.36. The number of nitrogens with zero attached hydrogens (tertiary/aromatic N) is 3. The van der Waals surface area contributed by atoms with Crippen molar-refractivity contribution in [3.63, 3.8) is 0 Å². The van der Waals surface area contributed by atoms with Gasteiger partial charge in [-0.2, -0.15) is 0 Å². The number of rotatable bonds is 6. The molecule has 0 radical (unpaired) electrons. The van der Waals surface area contributed by atoms with Crippen LogP contribution in [0.4, 0.5) is 11.6 Å². The minimum Gasteiger partial charge on any atom is -0.323 e. The summed E-state index contributed by atoms with van der Waals surface area (Å²) in [7, 11) is 3.80. The zero-order valence-electron chi connectivity index (χ0n) is 18.5. The Balaban J connectivity index is 1.80. The fourth-order valence-electron chi connectivity index (χ4n) is 3.85. The first-order chi connectivity index (χ1) is 15.8. The smallest absolute Gasteiger partial charge is 0.258 e. The van der Waals surface area contributed by atoms with E-state index in [0.29, 0.717) is 45.7 Å². The van der Waals surface area contributed by atoms with Gasteiger partial charge in [-0.1, -0.05) is 47.3 Å². The number of hydrogen-bond acceptors (Lipinski definition) is 4. The predicted molar refractivity (Wildman–Crippen MR) is 139 cm³/mol. The number of imidazole rings is 1. The molecule has 0 amide bonds. The molecule has 8 heteroatoms. The summed E-state index contributed by atoms with van der Waals surface area (Å²) in [6.07, 6.45) is 9.25. The van der Waals surface area contributed by atoms with E-state index < -0.39 is 0 Å². The summed E-state index contributed by atoms with van der Waals surface area (Å²) >= 11 is 12.6. The van der Waals surface area contributed by atoms with Crippen molar-refractivity contribution in [2.75, 3.05) is 25.5 Å². The van der Waals surface area contributed by atoms with E-state index in [2.05, 4.69) is 21.2 Å². The van der Waals surface area contributed by atoms with Crippen molar-refractivity contribution < 1.29 is 0 Å². The van der Waals surface area contributed by atoms with Gasteiger partial charge in [-0.3, -0.25) is 9.69 Å². The zero-order chi connectivity index (χ0) is 23.7. The van der Waals surface area contributed by atoms with E-state index in [1.54, 1.807) is 18.2 Å². The summed E-state index contributed by atoms with van der Waals surface area (Å²) in [5, 5.41) is 5.62. The molecule has 6 nitrogen and oxygen atoms in total. The van der Waals surface area contributed by atoms with Crippen molar-refractivity contribution in [2.24, 2.45) is 7.05 Å². The van der Waals surface area contributed by atoms with E-state index in [4.69, 9.17) is 29.6 Å². The van der Waals surface area contributed by atoms with Crippen LogP contribution in [0.3, 0.4) is 0 Å². The molecule has 0 unspecified atom stereocenters. The molecule has 33 heavy (non-hydrogen) atoms. The van der Waals surface area contributed by atoms with Gasteiger partial charge in [0.05, 0.1) is 38.7 Å². The second-order valence-electron chi connectivity index (χ2n) is 7.87. The molecule has 4 rings (SSSR count). The first kappa shape index (κ1) is 22.9. The number of nitrogens with one attached hydrogen (secondary N) is 2. The molecule has 0 aliphatic carbocycles. The first-order valence-electron chi connectivity index (χ1n) is 10.3. The van der Waals surface area contributed by atoms with E-state index in [-0.39, 0.29) is 5.56 Å². The van der Waals surface area contributed by atoms with Crippen LogP contribution in [0.1, 0.15) is 11.3 Å². The number of para-hydroxylation sites is 1. The average Bonchev–Trinajstić information content (AvgIpc) is 3.09. The zero-order valence-corrected chi connectivity index (χ0v) is 20.1. The van der Waals surface area contributed by atoms with Crippen molar-refractivity contribution in [1.82, 2.24) is 19.4 Å². The Morgan fingerprint density at radius 1 is 1.27 bits per heavy atom. The van der Waals surface area contributed by atoms with Crippen molar-refractivity contribution in [3.8, 4) is 12.3 Å². The van der Waals surface area contributed by atoms with E-state index >= 15 is 0 Å². The number of hydrogen-bond donors (Lipinski definition) is 2. The van der Waals surface area contributed by atoms with Crippen molar-refractivity contribution >= 4 is 62.7 Å². The van der Waals surface area contributed by atoms with Crippen molar-refractivity contribution in [2.45, 2.75) is 6.92 Å². The normalized spacial score (nSPS) is 11.7. The fourth-order valence-corrected chi connectivity index (χ4v) is 4.34. The largest absolute Gasteiger partial charge is 0.323 e. The Bertz CT molecular complexity index is 1470. The molecule has 0 bridgehead atoms. The highest BCUT2D eigenvalue weighted by molar-refractivity contribution is 6.39. The topological polar surface area (TPSA) is 66.0 Å². The summed E-state index contributed by atoms with van der Waals surface area (Å²) in [4.78, 5) is 22.8. The molecule has 0 fully saturated rings. The standard InChI is InChI=1S/C25H23Cl2N5O/c1-5-13-31(3)14-7-10-19-15(2)16-11-12-20-23(21(16)24(33)28-19)32(4)25(29-20)30-22-17(26)8-6-9-18(22)27/h1,6-12H,13-14H2,2-4H3,(H,28,33)(H,29,30)/b10-7+. The van der Waals surface area contributed by atoms with Gasteiger partial charge in [-0.25, -0.2) is 4.98 Å². The molecule has 0 aliphatic rings. The molecule has 2 aromatic heterocycles. The highest BCUT2D eigenvalue weighted by Gasteiger charge is 2.17. The molecular weight excluding hydrogens is 457 g/mol. The number of aromatic nitrogens is 3. The maximum atomic E-state index is 13.2. The number of terminal acetylenes is 1. The van der Waals surface area contributed by atoms with Gasteiger partial charge in [-0.15, -0.1) is 6.42 Å². The molecule has 2 aromatic carbocycles. The number of halogens is 2. The molecule has 0 saturated carbocycles. The lowest BCUT2D eigenvalue weighted by molar-refractivity contribution is 0.420. The SMILES string of the molecule is C#CCN(C)C/C=C/c1[nH]c(=O)c2c(ccc3nc(Nc4c(Cl)cccc4Cl)n(C)c32)c1C. The van der Waals surface area contributed by atoms with Crippen LogP contribution < -0.4 is 10.9 Å². The molecular formula is C25H23Cl2N5O.